The van der Waals surface area contributed by atoms with E-state index in [0.29, 0.717) is 18.5 Å². The summed E-state index contributed by atoms with van der Waals surface area (Å²) in [5, 5.41) is 11.1. The summed E-state index contributed by atoms with van der Waals surface area (Å²) < 4.78 is 16.5. The van der Waals surface area contributed by atoms with Crippen LogP contribution < -0.4 is 0 Å². The highest BCUT2D eigenvalue weighted by Crippen LogP contribution is 2.56. The molecule has 2 heterocycles. The number of esters is 2. The van der Waals surface area contributed by atoms with Gasteiger partial charge in [-0.25, -0.2) is 9.59 Å². The van der Waals surface area contributed by atoms with Gasteiger partial charge in [0.25, 0.3) is 0 Å². The Morgan fingerprint density at radius 3 is 2.59 bits per heavy atom. The summed E-state index contributed by atoms with van der Waals surface area (Å²) in [5.74, 6) is -2.75. The fraction of sp³-hybridized carbons (Fsp3) is 0.550. The summed E-state index contributed by atoms with van der Waals surface area (Å²) in [6, 6.07) is 0. The normalized spacial score (nSPS) is 40.8. The van der Waals surface area contributed by atoms with Crippen molar-refractivity contribution < 1.29 is 33.7 Å². The standard InChI is InChI=1S/C20H24O7/c1-6-9(2)18(23)26-15-13-11(4)19(24)27-16(13)17(22)20(5,12-8-25-12)14(15)10(3)7-21/h6-7,12-17,22H,3-4,8H2,1-2,5H3/b9-6-/t12-,13-,14-,15-,16-,17-,20+/m1/s1. The maximum atomic E-state index is 12.5. The molecule has 27 heavy (non-hydrogen) atoms. The highest BCUT2D eigenvalue weighted by molar-refractivity contribution is 5.92. The van der Waals surface area contributed by atoms with Gasteiger partial charge in [-0.1, -0.05) is 26.2 Å². The van der Waals surface area contributed by atoms with Gasteiger partial charge in [0.2, 0.25) is 0 Å². The number of allylic oxidation sites excluding steroid dienone is 1. The Morgan fingerprint density at radius 1 is 1.44 bits per heavy atom. The third-order valence-electron chi connectivity index (χ3n) is 6.14. The van der Waals surface area contributed by atoms with Crippen LogP contribution in [0.15, 0.2) is 36.0 Å². The second-order valence-corrected chi connectivity index (χ2v) is 7.57. The molecule has 3 aliphatic rings. The molecule has 1 N–H and O–H groups in total. The van der Waals surface area contributed by atoms with Crippen molar-refractivity contribution in [2.24, 2.45) is 17.3 Å². The summed E-state index contributed by atoms with van der Waals surface area (Å²) in [7, 11) is 0. The third kappa shape index (κ3) is 2.85. The van der Waals surface area contributed by atoms with Gasteiger partial charge in [0.15, 0.2) is 0 Å². The van der Waals surface area contributed by atoms with Gasteiger partial charge in [0.1, 0.15) is 24.6 Å². The minimum atomic E-state index is -1.13. The molecule has 0 amide bonds. The lowest BCUT2D eigenvalue weighted by atomic mass is 9.56. The van der Waals surface area contributed by atoms with Crippen LogP contribution in [-0.2, 0) is 28.6 Å². The van der Waals surface area contributed by atoms with Crippen LogP contribution in [0.2, 0.25) is 0 Å². The van der Waals surface area contributed by atoms with E-state index in [1.54, 1.807) is 26.8 Å². The van der Waals surface area contributed by atoms with E-state index in [9.17, 15) is 19.5 Å². The molecule has 3 fully saturated rings. The van der Waals surface area contributed by atoms with Crippen LogP contribution in [0.1, 0.15) is 20.8 Å². The number of rotatable bonds is 5. The first-order valence-electron chi connectivity index (χ1n) is 8.85. The average molecular weight is 376 g/mol. The quantitative estimate of drug-likeness (QED) is 0.332. The molecule has 0 bridgehead atoms. The van der Waals surface area contributed by atoms with Crippen LogP contribution in [0.4, 0.5) is 0 Å². The SMILES string of the molecule is C=C1C(=O)O[C@@H]2[C@H]1[C@@H](OC(=O)/C(C)=C\C)[C@@H](C(=C)C=O)[C@](C)([C@H]1CO1)[C@@H]2O. The molecular weight excluding hydrogens is 352 g/mol. The van der Waals surface area contributed by atoms with Crippen LogP contribution in [0.25, 0.3) is 0 Å². The van der Waals surface area contributed by atoms with Crippen molar-refractivity contribution in [2.75, 3.05) is 6.61 Å². The largest absolute Gasteiger partial charge is 0.458 e. The van der Waals surface area contributed by atoms with Crippen molar-refractivity contribution in [3.63, 3.8) is 0 Å². The average Bonchev–Trinajstić information content (AvgIpc) is 3.45. The summed E-state index contributed by atoms with van der Waals surface area (Å²) in [6.45, 7) is 13.0. The number of carbonyl (C=O) groups is 3. The molecule has 2 aliphatic heterocycles. The van der Waals surface area contributed by atoms with E-state index in [2.05, 4.69) is 13.2 Å². The van der Waals surface area contributed by atoms with Crippen LogP contribution in [-0.4, -0.2) is 54.4 Å². The maximum Gasteiger partial charge on any atom is 0.334 e. The molecule has 0 aromatic rings. The van der Waals surface area contributed by atoms with Gasteiger partial charge in [0.05, 0.1) is 18.6 Å². The van der Waals surface area contributed by atoms with E-state index in [0.717, 1.165) is 0 Å². The van der Waals surface area contributed by atoms with Crippen LogP contribution in [0, 0.1) is 17.3 Å². The Bertz CT molecular complexity index is 747. The molecule has 0 radical (unpaired) electrons. The number of carbonyl (C=O) groups excluding carboxylic acids is 3. The molecule has 0 spiro atoms. The zero-order valence-corrected chi connectivity index (χ0v) is 15.6. The molecule has 7 nitrogen and oxygen atoms in total. The molecule has 7 atom stereocenters. The van der Waals surface area contributed by atoms with Crippen molar-refractivity contribution in [3.05, 3.63) is 36.0 Å². The molecule has 1 saturated carbocycles. The zero-order valence-electron chi connectivity index (χ0n) is 15.6. The van der Waals surface area contributed by atoms with Gasteiger partial charge in [-0.2, -0.15) is 0 Å². The molecule has 7 heteroatoms. The van der Waals surface area contributed by atoms with Gasteiger partial charge in [-0.15, -0.1) is 0 Å². The lowest BCUT2D eigenvalue weighted by Gasteiger charge is -2.51. The molecular formula is C20H24O7. The van der Waals surface area contributed by atoms with Crippen molar-refractivity contribution in [2.45, 2.75) is 45.2 Å². The summed E-state index contributed by atoms with van der Waals surface area (Å²) >= 11 is 0. The lowest BCUT2D eigenvalue weighted by Crippen LogP contribution is -2.63. The van der Waals surface area contributed by atoms with E-state index >= 15 is 0 Å². The molecule has 0 aromatic carbocycles. The van der Waals surface area contributed by atoms with Crippen molar-refractivity contribution >= 4 is 18.2 Å². The highest BCUT2D eigenvalue weighted by Gasteiger charge is 2.68. The molecule has 3 rings (SSSR count). The van der Waals surface area contributed by atoms with E-state index in [1.807, 2.05) is 0 Å². The molecule has 1 aliphatic carbocycles. The Hall–Kier alpha value is -2.25. The van der Waals surface area contributed by atoms with Crippen molar-refractivity contribution in [1.82, 2.24) is 0 Å². The van der Waals surface area contributed by atoms with Crippen LogP contribution in [0.3, 0.4) is 0 Å². The molecule has 0 aromatic heterocycles. The number of aliphatic hydroxyl groups is 1. The fourth-order valence-electron chi connectivity index (χ4n) is 4.31. The minimum Gasteiger partial charge on any atom is -0.458 e. The first-order valence-corrected chi connectivity index (χ1v) is 8.85. The second-order valence-electron chi connectivity index (χ2n) is 7.57. The number of hydrogen-bond acceptors (Lipinski definition) is 7. The van der Waals surface area contributed by atoms with Crippen LogP contribution >= 0.6 is 0 Å². The zero-order chi connectivity index (χ0) is 20.1. The predicted molar refractivity (Wildman–Crippen MR) is 94.4 cm³/mol. The van der Waals surface area contributed by atoms with Crippen molar-refractivity contribution in [3.8, 4) is 0 Å². The Labute approximate surface area is 157 Å². The van der Waals surface area contributed by atoms with Gasteiger partial charge in [-0.05, 0) is 19.4 Å². The Balaban J connectivity index is 2.12. The summed E-state index contributed by atoms with van der Waals surface area (Å²) in [6.07, 6.45) is -1.17. The second kappa shape index (κ2) is 6.73. The van der Waals surface area contributed by atoms with Gasteiger partial charge >= 0.3 is 11.9 Å². The Morgan fingerprint density at radius 2 is 2.07 bits per heavy atom. The molecule has 146 valence electrons. The summed E-state index contributed by atoms with van der Waals surface area (Å²) in [5.41, 5.74) is -0.363. The van der Waals surface area contributed by atoms with E-state index < -0.39 is 47.5 Å². The molecule has 2 saturated heterocycles. The van der Waals surface area contributed by atoms with E-state index in [4.69, 9.17) is 14.2 Å². The first-order chi connectivity index (χ1) is 12.7. The van der Waals surface area contributed by atoms with Gasteiger partial charge < -0.3 is 19.3 Å². The van der Waals surface area contributed by atoms with E-state index in [-0.39, 0.29) is 17.3 Å². The van der Waals surface area contributed by atoms with Gasteiger partial charge in [-0.3, -0.25) is 4.79 Å². The number of ether oxygens (including phenoxy) is 3. The topological polar surface area (TPSA) is 102 Å². The summed E-state index contributed by atoms with van der Waals surface area (Å²) in [4.78, 5) is 36.2. The first kappa shape index (κ1) is 19.5. The number of epoxide rings is 1. The highest BCUT2D eigenvalue weighted by atomic mass is 16.6. The number of aldehydes is 1. The Kier molecular flexibility index (Phi) is 4.86. The van der Waals surface area contributed by atoms with Gasteiger partial charge in [0, 0.05) is 22.5 Å². The predicted octanol–water partition coefficient (Wildman–Crippen LogP) is 1.11. The number of aliphatic hydroxyl groups excluding tert-OH is 1. The smallest absolute Gasteiger partial charge is 0.334 e. The monoisotopic (exact) mass is 376 g/mol. The maximum absolute atomic E-state index is 12.5. The lowest BCUT2D eigenvalue weighted by molar-refractivity contribution is -0.195. The fourth-order valence-corrected chi connectivity index (χ4v) is 4.31. The number of hydrogen-bond donors (Lipinski definition) is 1. The number of fused-ring (bicyclic) bond motifs is 1. The third-order valence-corrected chi connectivity index (χ3v) is 6.14. The van der Waals surface area contributed by atoms with Crippen LogP contribution in [0.5, 0.6) is 0 Å². The van der Waals surface area contributed by atoms with E-state index in [1.165, 1.54) is 0 Å². The minimum absolute atomic E-state index is 0.109. The van der Waals surface area contributed by atoms with Crippen molar-refractivity contribution in [1.29, 1.82) is 0 Å². The molecule has 0 unspecified atom stereocenters.